The minimum absolute atomic E-state index is 0.00478. The molecule has 0 aromatic heterocycles. The Labute approximate surface area is 228 Å². The van der Waals surface area contributed by atoms with Crippen LogP contribution in [0.25, 0.3) is 0 Å². The average Bonchev–Trinajstić information content (AvgIpc) is 2.89. The molecule has 0 fully saturated rings. The number of carbonyl (C=O) groups excluding carboxylic acids is 2. The molecule has 2 amide bonds. The molecule has 0 heterocycles. The second kappa shape index (κ2) is 14.3. The fourth-order valence-corrected chi connectivity index (χ4v) is 4.93. The van der Waals surface area contributed by atoms with Crippen LogP contribution in [0.5, 0.6) is 0 Å². The first-order chi connectivity index (χ1) is 17.4. The Morgan fingerprint density at radius 3 is 2.14 bits per heavy atom. The number of benzene rings is 3. The quantitative estimate of drug-likeness (QED) is 0.274. The van der Waals surface area contributed by atoms with Gasteiger partial charge in [0.05, 0.1) is 15.8 Å². The molecule has 0 aliphatic rings. The molecular formula is C29H32Cl2N2O2S. The van der Waals surface area contributed by atoms with Crippen LogP contribution >= 0.6 is 35.0 Å². The highest BCUT2D eigenvalue weighted by Crippen LogP contribution is 2.25. The lowest BCUT2D eigenvalue weighted by atomic mass is 10.0. The summed E-state index contributed by atoms with van der Waals surface area (Å²) >= 11 is 13.9. The molecule has 190 valence electrons. The molecule has 0 unspecified atom stereocenters. The van der Waals surface area contributed by atoms with Gasteiger partial charge in [-0.05, 0) is 42.2 Å². The Balaban J connectivity index is 1.88. The largest absolute Gasteiger partial charge is 0.352 e. The Kier molecular flexibility index (Phi) is 11.2. The van der Waals surface area contributed by atoms with Crippen molar-refractivity contribution >= 4 is 46.8 Å². The van der Waals surface area contributed by atoms with Gasteiger partial charge >= 0.3 is 0 Å². The molecule has 7 heteroatoms. The summed E-state index contributed by atoms with van der Waals surface area (Å²) in [6, 6.07) is 24.5. The van der Waals surface area contributed by atoms with Crippen molar-refractivity contribution in [2.24, 2.45) is 0 Å². The first kappa shape index (κ1) is 28.1. The lowest BCUT2D eigenvalue weighted by molar-refractivity contribution is -0.139. The summed E-state index contributed by atoms with van der Waals surface area (Å²) in [7, 11) is 0. The van der Waals surface area contributed by atoms with Crippen molar-refractivity contribution in [2.45, 2.75) is 51.1 Å². The van der Waals surface area contributed by atoms with Crippen molar-refractivity contribution in [3.63, 3.8) is 0 Å². The van der Waals surface area contributed by atoms with Gasteiger partial charge < -0.3 is 10.2 Å². The first-order valence-electron chi connectivity index (χ1n) is 12.1. The topological polar surface area (TPSA) is 49.4 Å². The summed E-state index contributed by atoms with van der Waals surface area (Å²) in [5.74, 6) is 0.727. The highest BCUT2D eigenvalue weighted by molar-refractivity contribution is 7.99. The van der Waals surface area contributed by atoms with E-state index in [0.717, 1.165) is 28.9 Å². The predicted octanol–water partition coefficient (Wildman–Crippen LogP) is 6.78. The highest BCUT2D eigenvalue weighted by atomic mass is 35.5. The van der Waals surface area contributed by atoms with E-state index in [1.807, 2.05) is 80.6 Å². The van der Waals surface area contributed by atoms with Crippen LogP contribution in [0.2, 0.25) is 10.0 Å². The predicted molar refractivity (Wildman–Crippen MR) is 151 cm³/mol. The number of amides is 2. The van der Waals surface area contributed by atoms with Gasteiger partial charge in [0.25, 0.3) is 0 Å². The third-order valence-electron chi connectivity index (χ3n) is 5.95. The van der Waals surface area contributed by atoms with Crippen LogP contribution in [0.3, 0.4) is 0 Å². The van der Waals surface area contributed by atoms with Gasteiger partial charge in [0.15, 0.2) is 0 Å². The lowest BCUT2D eigenvalue weighted by Crippen LogP contribution is -2.52. The number of carbonyl (C=O) groups is 2. The van der Waals surface area contributed by atoms with Gasteiger partial charge in [-0.1, -0.05) is 96.9 Å². The molecule has 0 spiro atoms. The second-order valence-electron chi connectivity index (χ2n) is 8.77. The van der Waals surface area contributed by atoms with Gasteiger partial charge in [0.2, 0.25) is 11.8 Å². The van der Waals surface area contributed by atoms with Crippen LogP contribution in [-0.4, -0.2) is 34.6 Å². The summed E-state index contributed by atoms with van der Waals surface area (Å²) < 4.78 is 0. The summed E-state index contributed by atoms with van der Waals surface area (Å²) in [5, 5.41) is 3.96. The number of rotatable bonds is 12. The van der Waals surface area contributed by atoms with Crippen molar-refractivity contribution in [1.29, 1.82) is 0 Å². The number of hydrogen-bond acceptors (Lipinski definition) is 3. The van der Waals surface area contributed by atoms with Crippen LogP contribution in [-0.2, 0) is 28.3 Å². The number of thioether (sulfide) groups is 1. The third-order valence-corrected chi connectivity index (χ3v) is 7.67. The third kappa shape index (κ3) is 8.58. The van der Waals surface area contributed by atoms with E-state index in [1.165, 1.54) is 0 Å². The van der Waals surface area contributed by atoms with E-state index in [1.54, 1.807) is 28.8 Å². The molecule has 36 heavy (non-hydrogen) atoms. The molecule has 0 aliphatic heterocycles. The van der Waals surface area contributed by atoms with Crippen LogP contribution in [0.15, 0.2) is 78.9 Å². The van der Waals surface area contributed by atoms with Crippen molar-refractivity contribution < 1.29 is 9.59 Å². The SMILES string of the molecule is CC[C@H](C)NC(=O)[C@@H](Cc1ccccc1)N(Cc1ccc(Cl)c(Cl)c1)C(=O)CSCc1ccccc1. The van der Waals surface area contributed by atoms with E-state index in [0.29, 0.717) is 16.5 Å². The van der Waals surface area contributed by atoms with Crippen LogP contribution in [0, 0.1) is 0 Å². The first-order valence-corrected chi connectivity index (χ1v) is 14.0. The maximum atomic E-state index is 13.6. The zero-order valence-electron chi connectivity index (χ0n) is 20.6. The molecule has 1 N–H and O–H groups in total. The molecule has 3 aromatic rings. The average molecular weight is 544 g/mol. The fraction of sp³-hybridized carbons (Fsp3) is 0.310. The number of halogens is 2. The Morgan fingerprint density at radius 2 is 1.53 bits per heavy atom. The van der Waals surface area contributed by atoms with Crippen molar-refractivity contribution in [3.8, 4) is 0 Å². The van der Waals surface area contributed by atoms with Crippen molar-refractivity contribution in [2.75, 3.05) is 5.75 Å². The molecule has 0 saturated carbocycles. The van der Waals surface area contributed by atoms with E-state index in [9.17, 15) is 9.59 Å². The lowest BCUT2D eigenvalue weighted by Gasteiger charge is -2.32. The number of nitrogens with zero attached hydrogens (tertiary/aromatic N) is 1. The number of hydrogen-bond donors (Lipinski definition) is 1. The van der Waals surface area contributed by atoms with Crippen LogP contribution in [0.4, 0.5) is 0 Å². The Bertz CT molecular complexity index is 1130. The van der Waals surface area contributed by atoms with Gasteiger partial charge in [-0.2, -0.15) is 0 Å². The Morgan fingerprint density at radius 1 is 0.889 bits per heavy atom. The monoisotopic (exact) mass is 542 g/mol. The molecule has 0 radical (unpaired) electrons. The van der Waals surface area contributed by atoms with Crippen molar-refractivity contribution in [1.82, 2.24) is 10.2 Å². The van der Waals surface area contributed by atoms with E-state index >= 15 is 0 Å². The van der Waals surface area contributed by atoms with E-state index in [-0.39, 0.29) is 30.2 Å². The Hall–Kier alpha value is -2.47. The molecule has 0 aliphatic carbocycles. The molecule has 4 nitrogen and oxygen atoms in total. The van der Waals surface area contributed by atoms with E-state index in [2.05, 4.69) is 5.32 Å². The summed E-state index contributed by atoms with van der Waals surface area (Å²) in [6.45, 7) is 4.25. The standard InChI is InChI=1S/C29H32Cl2N2O2S/c1-3-21(2)32-29(35)27(17-22-10-6-4-7-11-22)33(18-24-14-15-25(30)26(31)16-24)28(34)20-36-19-23-12-8-5-9-13-23/h4-16,21,27H,3,17-20H2,1-2H3,(H,32,35)/t21-,27+/m0/s1. The molecule has 2 atom stereocenters. The second-order valence-corrected chi connectivity index (χ2v) is 10.6. The van der Waals surface area contributed by atoms with Gasteiger partial charge in [-0.15, -0.1) is 11.8 Å². The van der Waals surface area contributed by atoms with Gasteiger partial charge in [0, 0.05) is 24.8 Å². The van der Waals surface area contributed by atoms with Crippen LogP contribution in [0.1, 0.15) is 37.0 Å². The zero-order valence-corrected chi connectivity index (χ0v) is 23.0. The highest BCUT2D eigenvalue weighted by Gasteiger charge is 2.31. The maximum absolute atomic E-state index is 13.6. The summed E-state index contributed by atoms with van der Waals surface area (Å²) in [4.78, 5) is 28.8. The minimum Gasteiger partial charge on any atom is -0.352 e. The smallest absolute Gasteiger partial charge is 0.243 e. The maximum Gasteiger partial charge on any atom is 0.243 e. The summed E-state index contributed by atoms with van der Waals surface area (Å²) in [5.41, 5.74) is 2.97. The molecule has 3 aromatic carbocycles. The normalized spacial score (nSPS) is 12.6. The van der Waals surface area contributed by atoms with Crippen LogP contribution < -0.4 is 5.32 Å². The molecular weight excluding hydrogens is 511 g/mol. The number of nitrogens with one attached hydrogen (secondary N) is 1. The molecule has 0 bridgehead atoms. The zero-order chi connectivity index (χ0) is 25.9. The van der Waals surface area contributed by atoms with Crippen molar-refractivity contribution in [3.05, 3.63) is 106 Å². The fourth-order valence-electron chi connectivity index (χ4n) is 3.74. The minimum atomic E-state index is -0.666. The van der Waals surface area contributed by atoms with E-state index in [4.69, 9.17) is 23.2 Å². The van der Waals surface area contributed by atoms with Gasteiger partial charge in [-0.3, -0.25) is 9.59 Å². The molecule has 3 rings (SSSR count). The van der Waals surface area contributed by atoms with E-state index < -0.39 is 6.04 Å². The van der Waals surface area contributed by atoms with Gasteiger partial charge in [0.1, 0.15) is 6.04 Å². The van der Waals surface area contributed by atoms with Gasteiger partial charge in [-0.25, -0.2) is 0 Å². The molecule has 0 saturated heterocycles. The summed E-state index contributed by atoms with van der Waals surface area (Å²) in [6.07, 6.45) is 1.22.